The van der Waals surface area contributed by atoms with Gasteiger partial charge in [0, 0.05) is 37.2 Å². The molecule has 0 bridgehead atoms. The van der Waals surface area contributed by atoms with Crippen LogP contribution in [0.3, 0.4) is 0 Å². The molecule has 5 nitrogen and oxygen atoms in total. The van der Waals surface area contributed by atoms with Crippen LogP contribution < -0.4 is 0 Å². The number of hydrogen-bond donors (Lipinski definition) is 0. The summed E-state index contributed by atoms with van der Waals surface area (Å²) in [6, 6.07) is 0. The maximum atomic E-state index is 13.4. The number of esters is 2. The zero-order valence-electron chi connectivity index (χ0n) is 12.2. The fourth-order valence-electron chi connectivity index (χ4n) is 2.71. The van der Waals surface area contributed by atoms with Crippen molar-refractivity contribution in [2.45, 2.75) is 52.6 Å². The molecule has 0 saturated carbocycles. The van der Waals surface area contributed by atoms with Crippen molar-refractivity contribution in [1.29, 1.82) is 0 Å². The number of carbonyl (C=O) groups is 2. The molecule has 0 spiro atoms. The van der Waals surface area contributed by atoms with Crippen LogP contribution in [0.5, 0.6) is 0 Å². The first-order chi connectivity index (χ1) is 10.2. The first kappa shape index (κ1) is 16.4. The van der Waals surface area contributed by atoms with Crippen LogP contribution in [-0.2, 0) is 51.4 Å². The number of nitrogens with zero attached hydrogens (tertiary/aromatic N) is 1. The molecule has 0 aliphatic carbocycles. The molecular formula is C14H16F3NO4. The summed E-state index contributed by atoms with van der Waals surface area (Å²) in [6.07, 6.45) is -3.50. The molecule has 1 aliphatic heterocycles. The number of hydrogen-bond acceptors (Lipinski definition) is 4. The minimum absolute atomic E-state index is 0.126. The quantitative estimate of drug-likeness (QED) is 0.801. The van der Waals surface area contributed by atoms with E-state index < -0.39 is 30.4 Å². The van der Waals surface area contributed by atoms with E-state index in [0.717, 1.165) is 6.92 Å². The lowest BCUT2D eigenvalue weighted by atomic mass is 10.1. The monoisotopic (exact) mass is 319 g/mol. The highest BCUT2D eigenvalue weighted by Gasteiger charge is 2.42. The van der Waals surface area contributed by atoms with Crippen molar-refractivity contribution in [2.24, 2.45) is 0 Å². The molecule has 0 amide bonds. The summed E-state index contributed by atoms with van der Waals surface area (Å²) in [5.74, 6) is -1.25. The fraction of sp³-hybridized carbons (Fsp3) is 0.571. The van der Waals surface area contributed by atoms with Crippen molar-refractivity contribution >= 4 is 11.9 Å². The van der Waals surface area contributed by atoms with Crippen molar-refractivity contribution in [1.82, 2.24) is 4.57 Å². The number of ether oxygens (including phenoxy) is 2. The van der Waals surface area contributed by atoms with Crippen LogP contribution in [0.4, 0.5) is 13.2 Å². The van der Waals surface area contributed by atoms with E-state index in [1.807, 2.05) is 0 Å². The third-order valence-electron chi connectivity index (χ3n) is 3.50. The van der Waals surface area contributed by atoms with Gasteiger partial charge in [0.1, 0.15) is 18.9 Å². The van der Waals surface area contributed by atoms with Crippen LogP contribution in [0, 0.1) is 0 Å². The van der Waals surface area contributed by atoms with Gasteiger partial charge in [-0.3, -0.25) is 9.59 Å². The Morgan fingerprint density at radius 3 is 2.14 bits per heavy atom. The highest BCUT2D eigenvalue weighted by molar-refractivity contribution is 5.66. The van der Waals surface area contributed by atoms with E-state index in [2.05, 4.69) is 0 Å². The number of alkyl halides is 3. The molecular weight excluding hydrogens is 303 g/mol. The molecule has 1 aromatic rings. The number of rotatable bonds is 4. The van der Waals surface area contributed by atoms with E-state index in [1.165, 1.54) is 11.5 Å². The van der Waals surface area contributed by atoms with Gasteiger partial charge < -0.3 is 14.0 Å². The van der Waals surface area contributed by atoms with Gasteiger partial charge in [-0.1, -0.05) is 0 Å². The van der Waals surface area contributed by atoms with Gasteiger partial charge in [-0.25, -0.2) is 0 Å². The fourth-order valence-corrected chi connectivity index (χ4v) is 2.71. The topological polar surface area (TPSA) is 57.5 Å². The molecule has 0 N–H and O–H groups in total. The van der Waals surface area contributed by atoms with E-state index in [0.29, 0.717) is 24.1 Å². The summed E-state index contributed by atoms with van der Waals surface area (Å²) in [5.41, 5.74) is -0.154. The average molecular weight is 319 g/mol. The Balaban J connectivity index is 2.49. The van der Waals surface area contributed by atoms with Gasteiger partial charge in [-0.05, 0) is 12.8 Å². The maximum Gasteiger partial charge on any atom is 0.431 e. The van der Waals surface area contributed by atoms with E-state index in [9.17, 15) is 22.8 Å². The van der Waals surface area contributed by atoms with Crippen molar-refractivity contribution < 1.29 is 32.2 Å². The second-order valence-electron chi connectivity index (χ2n) is 5.07. The van der Waals surface area contributed by atoms with Crippen molar-refractivity contribution in [2.75, 3.05) is 0 Å². The Hall–Kier alpha value is -1.99. The van der Waals surface area contributed by atoms with Crippen molar-refractivity contribution in [3.05, 3.63) is 22.5 Å². The SMILES string of the molecule is CC(=O)OCc1c(COC(C)=O)c(C(F)(F)F)n2c1CCC2. The Bertz CT molecular complexity index is 604. The van der Waals surface area contributed by atoms with Gasteiger partial charge in [0.25, 0.3) is 0 Å². The molecule has 122 valence electrons. The van der Waals surface area contributed by atoms with Gasteiger partial charge in [0.05, 0.1) is 0 Å². The van der Waals surface area contributed by atoms with Crippen LogP contribution in [0.25, 0.3) is 0 Å². The molecule has 0 fully saturated rings. The molecule has 2 rings (SSSR count). The average Bonchev–Trinajstić information content (AvgIpc) is 2.91. The molecule has 0 atom stereocenters. The normalized spacial score (nSPS) is 13.9. The maximum absolute atomic E-state index is 13.4. The van der Waals surface area contributed by atoms with Gasteiger partial charge >= 0.3 is 18.1 Å². The van der Waals surface area contributed by atoms with Gasteiger partial charge in [0.2, 0.25) is 0 Å². The van der Waals surface area contributed by atoms with E-state index >= 15 is 0 Å². The van der Waals surface area contributed by atoms with Crippen LogP contribution in [0.2, 0.25) is 0 Å². The first-order valence-electron chi connectivity index (χ1n) is 6.78. The third kappa shape index (κ3) is 3.26. The standard InChI is InChI=1S/C14H16F3NO4/c1-8(19)21-6-10-11(7-22-9(2)20)13(14(15,16)17)18-5-3-4-12(10)18/h3-7H2,1-2H3. The summed E-state index contributed by atoms with van der Waals surface area (Å²) >= 11 is 0. The highest BCUT2D eigenvalue weighted by Crippen LogP contribution is 2.40. The molecule has 22 heavy (non-hydrogen) atoms. The lowest BCUT2D eigenvalue weighted by Gasteiger charge is -2.13. The third-order valence-corrected chi connectivity index (χ3v) is 3.50. The molecule has 0 radical (unpaired) electrons. The van der Waals surface area contributed by atoms with Gasteiger partial charge in [0.15, 0.2) is 0 Å². The van der Waals surface area contributed by atoms with Crippen molar-refractivity contribution in [3.63, 3.8) is 0 Å². The summed E-state index contributed by atoms with van der Waals surface area (Å²) in [4.78, 5) is 21.9. The summed E-state index contributed by atoms with van der Waals surface area (Å²) in [7, 11) is 0. The molecule has 1 aliphatic rings. The Morgan fingerprint density at radius 2 is 1.64 bits per heavy atom. The summed E-state index contributed by atoms with van der Waals surface area (Å²) < 4.78 is 50.9. The van der Waals surface area contributed by atoms with Crippen molar-refractivity contribution in [3.8, 4) is 0 Å². The zero-order chi connectivity index (χ0) is 16.5. The Morgan fingerprint density at radius 1 is 1.09 bits per heavy atom. The molecule has 0 aromatic carbocycles. The van der Waals surface area contributed by atoms with E-state index in [4.69, 9.17) is 9.47 Å². The smallest absolute Gasteiger partial charge is 0.431 e. The minimum Gasteiger partial charge on any atom is -0.461 e. The predicted molar refractivity (Wildman–Crippen MR) is 68.7 cm³/mol. The van der Waals surface area contributed by atoms with E-state index in [-0.39, 0.29) is 18.7 Å². The predicted octanol–water partition coefficient (Wildman–Crippen LogP) is 2.58. The van der Waals surface area contributed by atoms with Gasteiger partial charge in [-0.15, -0.1) is 0 Å². The molecule has 1 aromatic heterocycles. The zero-order valence-corrected chi connectivity index (χ0v) is 12.2. The summed E-state index contributed by atoms with van der Waals surface area (Å²) in [6.45, 7) is 1.82. The van der Waals surface area contributed by atoms with Crippen LogP contribution in [-0.4, -0.2) is 16.5 Å². The largest absolute Gasteiger partial charge is 0.461 e. The molecule has 0 saturated heterocycles. The minimum atomic E-state index is -4.57. The molecule has 8 heteroatoms. The van der Waals surface area contributed by atoms with Crippen LogP contribution >= 0.6 is 0 Å². The summed E-state index contributed by atoms with van der Waals surface area (Å²) in [5, 5.41) is 0. The van der Waals surface area contributed by atoms with E-state index in [1.54, 1.807) is 0 Å². The number of carbonyl (C=O) groups excluding carboxylic acids is 2. The number of fused-ring (bicyclic) bond motifs is 1. The lowest BCUT2D eigenvalue weighted by molar-refractivity contribution is -0.148. The first-order valence-corrected chi connectivity index (χ1v) is 6.78. The second-order valence-corrected chi connectivity index (χ2v) is 5.07. The number of halogens is 3. The highest BCUT2D eigenvalue weighted by atomic mass is 19.4. The van der Waals surface area contributed by atoms with Crippen LogP contribution in [0.1, 0.15) is 42.8 Å². The molecule has 2 heterocycles. The second kappa shape index (κ2) is 6.02. The van der Waals surface area contributed by atoms with Gasteiger partial charge in [-0.2, -0.15) is 13.2 Å². The van der Waals surface area contributed by atoms with Crippen LogP contribution in [0.15, 0.2) is 0 Å². The Labute approximate surface area is 125 Å². The Kier molecular flexibility index (Phi) is 4.48. The lowest BCUT2D eigenvalue weighted by Crippen LogP contribution is -2.16. The molecule has 0 unspecified atom stereocenters. The number of aromatic nitrogens is 1.